The number of hydrogen-bond donors (Lipinski definition) is 1. The highest BCUT2D eigenvalue weighted by molar-refractivity contribution is 5.92. The molecule has 1 aliphatic heterocycles. The van der Waals surface area contributed by atoms with Crippen LogP contribution in [0.4, 0.5) is 0 Å². The highest BCUT2D eigenvalue weighted by Gasteiger charge is 2.26. The zero-order chi connectivity index (χ0) is 14.8. The number of carbonyl (C=O) groups excluding carboxylic acids is 1. The minimum atomic E-state index is -0.0593. The van der Waals surface area contributed by atoms with E-state index in [4.69, 9.17) is 4.52 Å². The van der Waals surface area contributed by atoms with Crippen LogP contribution in [0.1, 0.15) is 40.6 Å². The molecule has 0 aliphatic carbocycles. The summed E-state index contributed by atoms with van der Waals surface area (Å²) in [4.78, 5) is 14.1. The largest absolute Gasteiger partial charge is 0.508 e. The van der Waals surface area contributed by atoms with Gasteiger partial charge in [-0.3, -0.25) is 4.79 Å². The van der Waals surface area contributed by atoms with Gasteiger partial charge >= 0.3 is 0 Å². The van der Waals surface area contributed by atoms with Crippen LogP contribution in [0.5, 0.6) is 5.75 Å². The van der Waals surface area contributed by atoms with Crippen molar-refractivity contribution < 1.29 is 14.4 Å². The maximum Gasteiger partial charge on any atom is 0.276 e. The molecular weight excluding hydrogens is 268 g/mol. The molecule has 0 atom stereocenters. The smallest absolute Gasteiger partial charge is 0.276 e. The van der Waals surface area contributed by atoms with Crippen LogP contribution in [0.25, 0.3) is 0 Å². The molecular formula is C16H18N2O3. The fourth-order valence-corrected chi connectivity index (χ4v) is 2.79. The average Bonchev–Trinajstić information content (AvgIpc) is 2.94. The van der Waals surface area contributed by atoms with E-state index in [-0.39, 0.29) is 11.7 Å². The van der Waals surface area contributed by atoms with Crippen LogP contribution in [0.15, 0.2) is 34.9 Å². The van der Waals surface area contributed by atoms with Gasteiger partial charge in [-0.1, -0.05) is 17.3 Å². The summed E-state index contributed by atoms with van der Waals surface area (Å²) >= 11 is 0. The van der Waals surface area contributed by atoms with Gasteiger partial charge in [0, 0.05) is 19.2 Å². The van der Waals surface area contributed by atoms with Gasteiger partial charge in [0.15, 0.2) is 5.69 Å². The Morgan fingerprint density at radius 2 is 1.95 bits per heavy atom. The summed E-state index contributed by atoms with van der Waals surface area (Å²) in [5.41, 5.74) is 1.60. The van der Waals surface area contributed by atoms with Crippen molar-refractivity contribution in [1.29, 1.82) is 0 Å². The molecule has 1 aliphatic rings. The van der Waals surface area contributed by atoms with Gasteiger partial charge in [-0.05, 0) is 43.4 Å². The second kappa shape index (κ2) is 5.60. The molecule has 110 valence electrons. The molecule has 3 rings (SSSR count). The molecule has 21 heavy (non-hydrogen) atoms. The van der Waals surface area contributed by atoms with Crippen molar-refractivity contribution in [3.05, 3.63) is 47.3 Å². The lowest BCUT2D eigenvalue weighted by atomic mass is 9.89. The SMILES string of the molecule is Cc1cc(C(=O)N2CCC(c3ccc(O)cc3)CC2)no1. The van der Waals surface area contributed by atoms with E-state index in [2.05, 4.69) is 5.16 Å². The van der Waals surface area contributed by atoms with Crippen molar-refractivity contribution in [3.8, 4) is 5.75 Å². The molecule has 2 heterocycles. The Morgan fingerprint density at radius 1 is 1.29 bits per heavy atom. The first-order valence-electron chi connectivity index (χ1n) is 7.15. The molecule has 1 aromatic heterocycles. The maximum atomic E-state index is 12.3. The standard InChI is InChI=1S/C16H18N2O3/c1-11-10-15(17-21-11)16(20)18-8-6-13(7-9-18)12-2-4-14(19)5-3-12/h2-5,10,13,19H,6-9H2,1H3. The molecule has 0 bridgehead atoms. The molecule has 0 saturated carbocycles. The number of likely N-dealkylation sites (tertiary alicyclic amines) is 1. The first kappa shape index (κ1) is 13.7. The van der Waals surface area contributed by atoms with Gasteiger partial charge in [0.05, 0.1) is 0 Å². The van der Waals surface area contributed by atoms with E-state index in [0.717, 1.165) is 25.9 Å². The van der Waals surface area contributed by atoms with Crippen molar-refractivity contribution in [2.45, 2.75) is 25.7 Å². The summed E-state index contributed by atoms with van der Waals surface area (Å²) in [6, 6.07) is 9.02. The summed E-state index contributed by atoms with van der Waals surface area (Å²) in [6.45, 7) is 3.22. The Hall–Kier alpha value is -2.30. The van der Waals surface area contributed by atoms with Gasteiger partial charge in [0.25, 0.3) is 5.91 Å². The van der Waals surface area contributed by atoms with Gasteiger partial charge in [0.2, 0.25) is 0 Å². The molecule has 2 aromatic rings. The van der Waals surface area contributed by atoms with E-state index in [9.17, 15) is 9.90 Å². The van der Waals surface area contributed by atoms with Crippen LogP contribution in [0.2, 0.25) is 0 Å². The molecule has 1 N–H and O–H groups in total. The molecule has 0 spiro atoms. The Labute approximate surface area is 123 Å². The number of hydrogen-bond acceptors (Lipinski definition) is 4. The molecule has 1 fully saturated rings. The molecule has 5 heteroatoms. The number of phenols is 1. The number of nitrogens with zero attached hydrogens (tertiary/aromatic N) is 2. The predicted octanol–water partition coefficient (Wildman–Crippen LogP) is 2.71. The maximum absolute atomic E-state index is 12.3. The summed E-state index contributed by atoms with van der Waals surface area (Å²) < 4.78 is 4.96. The van der Waals surface area contributed by atoms with Crippen LogP contribution in [-0.4, -0.2) is 34.2 Å². The molecule has 5 nitrogen and oxygen atoms in total. The third-order valence-electron chi connectivity index (χ3n) is 3.99. The fraction of sp³-hybridized carbons (Fsp3) is 0.375. The molecule has 1 amide bonds. The monoisotopic (exact) mass is 286 g/mol. The van der Waals surface area contributed by atoms with E-state index in [1.54, 1.807) is 25.1 Å². The number of rotatable bonds is 2. The van der Waals surface area contributed by atoms with Crippen molar-refractivity contribution in [3.63, 3.8) is 0 Å². The third kappa shape index (κ3) is 2.91. The molecule has 0 unspecified atom stereocenters. The average molecular weight is 286 g/mol. The first-order valence-corrected chi connectivity index (χ1v) is 7.15. The molecule has 1 saturated heterocycles. The second-order valence-electron chi connectivity index (χ2n) is 5.48. The van der Waals surface area contributed by atoms with Crippen molar-refractivity contribution in [2.75, 3.05) is 13.1 Å². The Balaban J connectivity index is 1.62. The number of aromatic hydroxyl groups is 1. The second-order valence-corrected chi connectivity index (χ2v) is 5.48. The van der Waals surface area contributed by atoms with Crippen LogP contribution in [0, 0.1) is 6.92 Å². The van der Waals surface area contributed by atoms with E-state index in [1.807, 2.05) is 17.0 Å². The van der Waals surface area contributed by atoms with Crippen LogP contribution in [-0.2, 0) is 0 Å². The summed E-state index contributed by atoms with van der Waals surface area (Å²) in [7, 11) is 0. The van der Waals surface area contributed by atoms with E-state index in [1.165, 1.54) is 5.56 Å². The van der Waals surface area contributed by atoms with Crippen molar-refractivity contribution >= 4 is 5.91 Å². The third-order valence-corrected chi connectivity index (χ3v) is 3.99. The summed E-state index contributed by atoms with van der Waals surface area (Å²) in [5, 5.41) is 13.1. The number of aromatic nitrogens is 1. The van der Waals surface area contributed by atoms with Crippen LogP contribution >= 0.6 is 0 Å². The Morgan fingerprint density at radius 3 is 2.52 bits per heavy atom. The van der Waals surface area contributed by atoms with Crippen molar-refractivity contribution in [2.24, 2.45) is 0 Å². The lowest BCUT2D eigenvalue weighted by molar-refractivity contribution is 0.0702. The number of amides is 1. The normalized spacial score (nSPS) is 16.1. The van der Waals surface area contributed by atoms with E-state index in [0.29, 0.717) is 17.4 Å². The van der Waals surface area contributed by atoms with E-state index >= 15 is 0 Å². The quantitative estimate of drug-likeness (QED) is 0.921. The van der Waals surface area contributed by atoms with Gasteiger partial charge in [-0.15, -0.1) is 0 Å². The highest BCUT2D eigenvalue weighted by Crippen LogP contribution is 2.29. The number of aryl methyl sites for hydroxylation is 1. The summed E-state index contributed by atoms with van der Waals surface area (Å²) in [6.07, 6.45) is 1.85. The van der Waals surface area contributed by atoms with Gasteiger partial charge < -0.3 is 14.5 Å². The van der Waals surface area contributed by atoms with Crippen LogP contribution < -0.4 is 0 Å². The van der Waals surface area contributed by atoms with Crippen molar-refractivity contribution in [1.82, 2.24) is 10.1 Å². The topological polar surface area (TPSA) is 66.6 Å². The molecule has 1 aromatic carbocycles. The van der Waals surface area contributed by atoms with E-state index < -0.39 is 0 Å². The number of phenolic OH excluding ortho intramolecular Hbond substituents is 1. The summed E-state index contributed by atoms with van der Waals surface area (Å²) in [5.74, 6) is 1.31. The van der Waals surface area contributed by atoms with Gasteiger partial charge in [-0.2, -0.15) is 0 Å². The van der Waals surface area contributed by atoms with Gasteiger partial charge in [-0.25, -0.2) is 0 Å². The number of piperidine rings is 1. The first-order chi connectivity index (χ1) is 10.1. The van der Waals surface area contributed by atoms with Gasteiger partial charge in [0.1, 0.15) is 11.5 Å². The lowest BCUT2D eigenvalue weighted by Gasteiger charge is -2.31. The predicted molar refractivity (Wildman–Crippen MR) is 77.2 cm³/mol. The lowest BCUT2D eigenvalue weighted by Crippen LogP contribution is -2.38. The molecule has 0 radical (unpaired) electrons. The Bertz CT molecular complexity index is 625. The highest BCUT2D eigenvalue weighted by atomic mass is 16.5. The minimum absolute atomic E-state index is 0.0593. The number of benzene rings is 1. The zero-order valence-electron chi connectivity index (χ0n) is 12.0. The zero-order valence-corrected chi connectivity index (χ0v) is 12.0. The number of carbonyl (C=O) groups is 1. The van der Waals surface area contributed by atoms with Crippen LogP contribution in [0.3, 0.4) is 0 Å². The Kier molecular flexibility index (Phi) is 3.64. The minimum Gasteiger partial charge on any atom is -0.508 e. The fourth-order valence-electron chi connectivity index (χ4n) is 2.79.